The molecule has 0 saturated carbocycles. The minimum absolute atomic E-state index is 0.0133. The molecule has 1 N–H and O–H groups in total. The number of aryl methyl sites for hydroxylation is 1. The molecule has 2 saturated heterocycles. The van der Waals surface area contributed by atoms with Crippen molar-refractivity contribution in [2.75, 3.05) is 32.8 Å². The van der Waals surface area contributed by atoms with Crippen LogP contribution >= 0.6 is 0 Å². The number of hydrogen-bond donors (Lipinski definition) is 1. The van der Waals surface area contributed by atoms with Gasteiger partial charge in [-0.3, -0.25) is 4.79 Å². The number of nitrogens with zero attached hydrogens (tertiary/aromatic N) is 2. The zero-order chi connectivity index (χ0) is 22.1. The Kier molecular flexibility index (Phi) is 5.80. The van der Waals surface area contributed by atoms with Gasteiger partial charge in [-0.15, -0.1) is 0 Å². The van der Waals surface area contributed by atoms with Crippen LogP contribution in [0.4, 0.5) is 4.39 Å². The Balaban J connectivity index is 1.33. The molecule has 32 heavy (non-hydrogen) atoms. The standard InChI is InChI=1S/C25H28FN3O3/c1-18-2-4-19(5-3-18)22-16-23(20-6-8-21(26)9-7-20)29(27-22)24(30)17-28-12-10-25(11-13-28)31-14-15-32-25/h2-9,23H,10-17H2,1H3/p+1. The zero-order valence-electron chi connectivity index (χ0n) is 18.4. The van der Waals surface area contributed by atoms with Crippen molar-refractivity contribution in [2.24, 2.45) is 5.10 Å². The van der Waals surface area contributed by atoms with Gasteiger partial charge in [0, 0.05) is 6.42 Å². The lowest BCUT2D eigenvalue weighted by molar-refractivity contribution is -0.901. The fraction of sp³-hybridized carbons (Fsp3) is 0.440. The van der Waals surface area contributed by atoms with Crippen LogP contribution in [-0.2, 0) is 14.3 Å². The first-order valence-corrected chi connectivity index (χ1v) is 11.3. The fourth-order valence-electron chi connectivity index (χ4n) is 4.85. The molecule has 1 amide bonds. The number of rotatable bonds is 4. The number of quaternary nitrogens is 1. The zero-order valence-corrected chi connectivity index (χ0v) is 18.4. The highest BCUT2D eigenvalue weighted by atomic mass is 19.1. The van der Waals surface area contributed by atoms with Crippen LogP contribution in [0.2, 0.25) is 0 Å². The van der Waals surface area contributed by atoms with E-state index in [9.17, 15) is 9.18 Å². The topological polar surface area (TPSA) is 55.6 Å². The lowest BCUT2D eigenvalue weighted by Gasteiger charge is -2.35. The lowest BCUT2D eigenvalue weighted by Crippen LogP contribution is -3.14. The van der Waals surface area contributed by atoms with Crippen molar-refractivity contribution in [3.05, 3.63) is 71.0 Å². The molecular formula is C25H29FN3O3+. The molecule has 2 fully saturated rings. The number of nitrogens with one attached hydrogen (secondary N) is 1. The smallest absolute Gasteiger partial charge is 0.298 e. The van der Waals surface area contributed by atoms with Crippen LogP contribution in [-0.4, -0.2) is 55.3 Å². The molecule has 1 unspecified atom stereocenters. The number of carbonyl (C=O) groups is 1. The molecule has 3 aliphatic heterocycles. The summed E-state index contributed by atoms with van der Waals surface area (Å²) < 4.78 is 25.1. The summed E-state index contributed by atoms with van der Waals surface area (Å²) in [7, 11) is 0. The van der Waals surface area contributed by atoms with Crippen LogP contribution in [0.15, 0.2) is 53.6 Å². The molecule has 0 bridgehead atoms. The Morgan fingerprint density at radius 2 is 1.75 bits per heavy atom. The van der Waals surface area contributed by atoms with Gasteiger partial charge in [0.05, 0.1) is 50.9 Å². The number of hydrazone groups is 1. The van der Waals surface area contributed by atoms with Gasteiger partial charge < -0.3 is 14.4 Å². The fourth-order valence-corrected chi connectivity index (χ4v) is 4.85. The van der Waals surface area contributed by atoms with Gasteiger partial charge in [0.1, 0.15) is 5.82 Å². The maximum absolute atomic E-state index is 13.5. The number of likely N-dealkylation sites (tertiary alicyclic amines) is 1. The van der Waals surface area contributed by atoms with E-state index >= 15 is 0 Å². The summed E-state index contributed by atoms with van der Waals surface area (Å²) in [6.45, 7) is 5.38. The van der Waals surface area contributed by atoms with Crippen LogP contribution in [0.5, 0.6) is 0 Å². The number of ether oxygens (including phenoxy) is 2. The van der Waals surface area contributed by atoms with E-state index in [1.165, 1.54) is 22.6 Å². The van der Waals surface area contributed by atoms with Gasteiger partial charge in [-0.2, -0.15) is 5.10 Å². The van der Waals surface area contributed by atoms with Gasteiger partial charge >= 0.3 is 0 Å². The number of piperidine rings is 1. The Bertz CT molecular complexity index is 990. The van der Waals surface area contributed by atoms with Gasteiger partial charge in [-0.05, 0) is 30.2 Å². The van der Waals surface area contributed by atoms with Crippen molar-refractivity contribution in [3.63, 3.8) is 0 Å². The van der Waals surface area contributed by atoms with Crippen LogP contribution in [0.1, 0.15) is 42.0 Å². The minimum Gasteiger partial charge on any atom is -0.347 e. The van der Waals surface area contributed by atoms with E-state index in [1.807, 2.05) is 19.1 Å². The molecule has 3 heterocycles. The van der Waals surface area contributed by atoms with E-state index < -0.39 is 5.79 Å². The second-order valence-electron chi connectivity index (χ2n) is 8.96. The third-order valence-corrected chi connectivity index (χ3v) is 6.74. The number of amides is 1. The molecule has 0 aromatic heterocycles. The average Bonchev–Trinajstić information content (AvgIpc) is 3.45. The second-order valence-corrected chi connectivity index (χ2v) is 8.96. The van der Waals surface area contributed by atoms with E-state index in [0.717, 1.165) is 42.8 Å². The Morgan fingerprint density at radius 1 is 1.09 bits per heavy atom. The third-order valence-electron chi connectivity index (χ3n) is 6.74. The Morgan fingerprint density at radius 3 is 2.41 bits per heavy atom. The second kappa shape index (κ2) is 8.73. The normalized spacial score (nSPS) is 23.0. The Labute approximate surface area is 187 Å². The van der Waals surface area contributed by atoms with Crippen molar-refractivity contribution in [2.45, 2.75) is 38.0 Å². The van der Waals surface area contributed by atoms with E-state index in [0.29, 0.717) is 26.2 Å². The first-order valence-electron chi connectivity index (χ1n) is 11.3. The van der Waals surface area contributed by atoms with Crippen LogP contribution in [0, 0.1) is 12.7 Å². The number of carbonyl (C=O) groups excluding carboxylic acids is 1. The molecule has 168 valence electrons. The van der Waals surface area contributed by atoms with Gasteiger partial charge in [0.25, 0.3) is 5.91 Å². The van der Waals surface area contributed by atoms with Crippen LogP contribution in [0.25, 0.3) is 0 Å². The van der Waals surface area contributed by atoms with Crippen molar-refractivity contribution in [1.82, 2.24) is 5.01 Å². The first-order chi connectivity index (χ1) is 15.5. The predicted molar refractivity (Wildman–Crippen MR) is 118 cm³/mol. The van der Waals surface area contributed by atoms with Gasteiger partial charge in [0.2, 0.25) is 0 Å². The molecular weight excluding hydrogens is 409 g/mol. The summed E-state index contributed by atoms with van der Waals surface area (Å²) in [6, 6.07) is 14.3. The van der Waals surface area contributed by atoms with Crippen molar-refractivity contribution in [1.29, 1.82) is 0 Å². The molecule has 6 nitrogen and oxygen atoms in total. The van der Waals surface area contributed by atoms with Crippen molar-refractivity contribution in [3.8, 4) is 0 Å². The molecule has 7 heteroatoms. The van der Waals surface area contributed by atoms with Gasteiger partial charge in [-0.25, -0.2) is 9.40 Å². The Hall–Kier alpha value is -2.61. The molecule has 0 radical (unpaired) electrons. The van der Waals surface area contributed by atoms with Gasteiger partial charge in [-0.1, -0.05) is 42.0 Å². The summed E-state index contributed by atoms with van der Waals surface area (Å²) in [5.41, 5.74) is 3.97. The number of hydrogen-bond acceptors (Lipinski definition) is 4. The summed E-state index contributed by atoms with van der Waals surface area (Å²) in [5, 5.41) is 6.36. The third kappa shape index (κ3) is 4.33. The highest BCUT2D eigenvalue weighted by Gasteiger charge is 2.43. The molecule has 5 rings (SSSR count). The molecule has 2 aromatic rings. The lowest BCUT2D eigenvalue weighted by atomic mass is 9.98. The maximum Gasteiger partial charge on any atom is 0.298 e. The molecule has 1 atom stereocenters. The predicted octanol–water partition coefficient (Wildman–Crippen LogP) is 2.23. The number of halogens is 1. The number of benzene rings is 2. The monoisotopic (exact) mass is 438 g/mol. The highest BCUT2D eigenvalue weighted by molar-refractivity contribution is 6.03. The molecule has 0 aliphatic carbocycles. The van der Waals surface area contributed by atoms with E-state index in [2.05, 4.69) is 12.1 Å². The summed E-state index contributed by atoms with van der Waals surface area (Å²) >= 11 is 0. The van der Waals surface area contributed by atoms with E-state index in [-0.39, 0.29) is 17.8 Å². The summed E-state index contributed by atoms with van der Waals surface area (Å²) in [6.07, 6.45) is 2.21. The first kappa shape index (κ1) is 21.2. The SMILES string of the molecule is Cc1ccc(C2=NN(C(=O)C[NH+]3CCC4(CC3)OCCO4)C(c3ccc(F)cc3)C2)cc1. The van der Waals surface area contributed by atoms with Crippen molar-refractivity contribution < 1.29 is 23.6 Å². The molecule has 3 aliphatic rings. The maximum atomic E-state index is 13.5. The van der Waals surface area contributed by atoms with Crippen LogP contribution < -0.4 is 4.90 Å². The minimum atomic E-state index is -0.437. The van der Waals surface area contributed by atoms with E-state index in [1.54, 1.807) is 17.1 Å². The average molecular weight is 439 g/mol. The molecule has 2 aromatic carbocycles. The summed E-state index contributed by atoms with van der Waals surface area (Å²) in [5.74, 6) is -0.735. The van der Waals surface area contributed by atoms with Crippen LogP contribution in [0.3, 0.4) is 0 Å². The largest absolute Gasteiger partial charge is 0.347 e. The highest BCUT2D eigenvalue weighted by Crippen LogP contribution is 2.33. The quantitative estimate of drug-likeness (QED) is 0.797. The molecule has 1 spiro atoms. The van der Waals surface area contributed by atoms with Crippen molar-refractivity contribution >= 4 is 11.6 Å². The summed E-state index contributed by atoms with van der Waals surface area (Å²) in [4.78, 5) is 14.6. The van der Waals surface area contributed by atoms with Gasteiger partial charge in [0.15, 0.2) is 12.3 Å². The van der Waals surface area contributed by atoms with E-state index in [4.69, 9.17) is 14.6 Å².